The summed E-state index contributed by atoms with van der Waals surface area (Å²) < 4.78 is 5.60. The maximum absolute atomic E-state index is 12.5. The Morgan fingerprint density at radius 2 is 1.93 bits per heavy atom. The van der Waals surface area contributed by atoms with E-state index in [1.54, 1.807) is 0 Å². The molecule has 6 heteroatoms. The van der Waals surface area contributed by atoms with E-state index in [0.717, 1.165) is 45.2 Å². The molecule has 4 rings (SSSR count). The minimum atomic E-state index is -0.131. The molecule has 1 aliphatic heterocycles. The molecule has 27 heavy (non-hydrogen) atoms. The fraction of sp³-hybridized carbons (Fsp3) is 0.571. The summed E-state index contributed by atoms with van der Waals surface area (Å²) in [4.78, 5) is 14.8. The molecule has 0 bridgehead atoms. The number of amides is 1. The zero-order chi connectivity index (χ0) is 18.6. The molecule has 1 N–H and O–H groups in total. The highest BCUT2D eigenvalue weighted by Crippen LogP contribution is 2.38. The van der Waals surface area contributed by atoms with Gasteiger partial charge in [-0.2, -0.15) is 0 Å². The van der Waals surface area contributed by atoms with E-state index in [4.69, 9.17) is 4.42 Å². The first-order valence-electron chi connectivity index (χ1n) is 10.1. The number of carbonyl (C=O) groups excluding carboxylic acids is 1. The van der Waals surface area contributed by atoms with Gasteiger partial charge in [0.2, 0.25) is 17.7 Å². The van der Waals surface area contributed by atoms with Gasteiger partial charge in [-0.3, -0.25) is 9.69 Å². The predicted octanol–water partition coefficient (Wildman–Crippen LogP) is 2.91. The van der Waals surface area contributed by atoms with Crippen molar-refractivity contribution >= 4 is 5.91 Å². The second-order valence-electron chi connectivity index (χ2n) is 7.87. The highest BCUT2D eigenvalue weighted by molar-refractivity contribution is 5.81. The van der Waals surface area contributed by atoms with Crippen molar-refractivity contribution in [3.63, 3.8) is 0 Å². The summed E-state index contributed by atoms with van der Waals surface area (Å²) in [5, 5.41) is 11.0. The van der Waals surface area contributed by atoms with Crippen LogP contribution >= 0.6 is 0 Å². The smallest absolute Gasteiger partial charge is 0.237 e. The van der Waals surface area contributed by atoms with Crippen LogP contribution in [0, 0.1) is 5.92 Å². The van der Waals surface area contributed by atoms with Gasteiger partial charge in [0.25, 0.3) is 0 Å². The van der Waals surface area contributed by atoms with Crippen LogP contribution in [0.3, 0.4) is 0 Å². The third kappa shape index (κ3) is 4.75. The molecule has 1 atom stereocenters. The van der Waals surface area contributed by atoms with Crippen LogP contribution in [-0.2, 0) is 17.8 Å². The van der Waals surface area contributed by atoms with E-state index in [0.29, 0.717) is 30.2 Å². The normalized spacial score (nSPS) is 19.7. The maximum Gasteiger partial charge on any atom is 0.237 e. The number of nitrogens with zero attached hydrogens (tertiary/aromatic N) is 3. The molecule has 1 saturated carbocycles. The number of nitrogens with one attached hydrogen (secondary N) is 1. The number of rotatable bonds is 7. The molecule has 2 aliphatic rings. The van der Waals surface area contributed by atoms with Crippen LogP contribution in [-0.4, -0.2) is 40.1 Å². The number of carbonyl (C=O) groups is 1. The number of hydrogen-bond acceptors (Lipinski definition) is 5. The average Bonchev–Trinajstić information content (AvgIpc) is 3.45. The van der Waals surface area contributed by atoms with Crippen molar-refractivity contribution in [2.24, 2.45) is 5.92 Å². The Morgan fingerprint density at radius 3 is 2.63 bits per heavy atom. The standard InChI is InChI=1S/C21H28N4O2/c1-15(20(26)22-14-19-23-24-21(27-19)18-7-8-18)25-11-9-17(10-12-25)13-16-5-3-2-4-6-16/h2-6,15,17-18H,7-14H2,1H3,(H,22,26). The van der Waals surface area contributed by atoms with Crippen molar-refractivity contribution in [1.29, 1.82) is 0 Å². The average molecular weight is 368 g/mol. The van der Waals surface area contributed by atoms with Gasteiger partial charge in [0, 0.05) is 5.92 Å². The number of aromatic nitrogens is 2. The Morgan fingerprint density at radius 1 is 1.19 bits per heavy atom. The lowest BCUT2D eigenvalue weighted by Gasteiger charge is -2.35. The summed E-state index contributed by atoms with van der Waals surface area (Å²) in [5.74, 6) is 2.39. The van der Waals surface area contributed by atoms with E-state index in [1.165, 1.54) is 5.56 Å². The molecule has 1 saturated heterocycles. The molecule has 1 aromatic heterocycles. The molecule has 0 spiro atoms. The number of likely N-dealkylation sites (tertiary alicyclic amines) is 1. The van der Waals surface area contributed by atoms with Crippen molar-refractivity contribution < 1.29 is 9.21 Å². The topological polar surface area (TPSA) is 71.3 Å². The van der Waals surface area contributed by atoms with Crippen molar-refractivity contribution in [3.8, 4) is 0 Å². The SMILES string of the molecule is CC(C(=O)NCc1nnc(C2CC2)o1)N1CCC(Cc2ccccc2)CC1. The third-order valence-corrected chi connectivity index (χ3v) is 5.77. The van der Waals surface area contributed by atoms with E-state index in [2.05, 4.69) is 50.7 Å². The highest BCUT2D eigenvalue weighted by atomic mass is 16.4. The Bertz CT molecular complexity index is 749. The van der Waals surface area contributed by atoms with Crippen LogP contribution < -0.4 is 5.32 Å². The Balaban J connectivity index is 1.21. The lowest BCUT2D eigenvalue weighted by atomic mass is 9.89. The number of piperidine rings is 1. The van der Waals surface area contributed by atoms with Crippen LogP contribution in [0.15, 0.2) is 34.7 Å². The molecule has 1 aliphatic carbocycles. The van der Waals surface area contributed by atoms with Gasteiger partial charge < -0.3 is 9.73 Å². The van der Waals surface area contributed by atoms with Crippen molar-refractivity contribution in [3.05, 3.63) is 47.7 Å². The Labute approximate surface area is 160 Å². The second-order valence-corrected chi connectivity index (χ2v) is 7.87. The Hall–Kier alpha value is -2.21. The fourth-order valence-electron chi connectivity index (χ4n) is 3.80. The van der Waals surface area contributed by atoms with E-state index >= 15 is 0 Å². The molecule has 1 aromatic carbocycles. The van der Waals surface area contributed by atoms with Crippen LogP contribution in [0.4, 0.5) is 0 Å². The van der Waals surface area contributed by atoms with Crippen molar-refractivity contribution in [2.75, 3.05) is 13.1 Å². The van der Waals surface area contributed by atoms with E-state index in [-0.39, 0.29) is 11.9 Å². The van der Waals surface area contributed by atoms with Gasteiger partial charge in [0.15, 0.2) is 0 Å². The zero-order valence-corrected chi connectivity index (χ0v) is 15.9. The van der Waals surface area contributed by atoms with Gasteiger partial charge in [-0.25, -0.2) is 0 Å². The first kappa shape index (κ1) is 18.2. The molecule has 1 amide bonds. The predicted molar refractivity (Wildman–Crippen MR) is 102 cm³/mol. The van der Waals surface area contributed by atoms with Crippen LogP contribution in [0.1, 0.15) is 55.9 Å². The van der Waals surface area contributed by atoms with Crippen molar-refractivity contribution in [1.82, 2.24) is 20.4 Å². The van der Waals surface area contributed by atoms with Crippen LogP contribution in [0.2, 0.25) is 0 Å². The first-order valence-corrected chi connectivity index (χ1v) is 10.1. The molecule has 1 unspecified atom stereocenters. The summed E-state index contributed by atoms with van der Waals surface area (Å²) >= 11 is 0. The highest BCUT2D eigenvalue weighted by Gasteiger charge is 2.30. The van der Waals surface area contributed by atoms with Gasteiger partial charge in [-0.05, 0) is 63.6 Å². The molecule has 2 heterocycles. The monoisotopic (exact) mass is 368 g/mol. The molecular formula is C21H28N4O2. The number of hydrogen-bond donors (Lipinski definition) is 1. The van der Waals surface area contributed by atoms with Crippen LogP contribution in [0.25, 0.3) is 0 Å². The first-order chi connectivity index (χ1) is 13.2. The van der Waals surface area contributed by atoms with E-state index in [9.17, 15) is 4.79 Å². The molecule has 0 radical (unpaired) electrons. The van der Waals surface area contributed by atoms with Crippen LogP contribution in [0.5, 0.6) is 0 Å². The largest absolute Gasteiger partial charge is 0.423 e. The third-order valence-electron chi connectivity index (χ3n) is 5.77. The lowest BCUT2D eigenvalue weighted by molar-refractivity contribution is -0.126. The molecular weight excluding hydrogens is 340 g/mol. The van der Waals surface area contributed by atoms with E-state index in [1.807, 2.05) is 6.92 Å². The van der Waals surface area contributed by atoms with Gasteiger partial charge in [0.1, 0.15) is 0 Å². The van der Waals surface area contributed by atoms with Gasteiger partial charge in [-0.15, -0.1) is 10.2 Å². The summed E-state index contributed by atoms with van der Waals surface area (Å²) in [6.45, 7) is 4.24. The second kappa shape index (κ2) is 8.21. The summed E-state index contributed by atoms with van der Waals surface area (Å²) in [5.41, 5.74) is 1.41. The maximum atomic E-state index is 12.5. The lowest BCUT2D eigenvalue weighted by Crippen LogP contribution is -2.48. The van der Waals surface area contributed by atoms with Gasteiger partial charge >= 0.3 is 0 Å². The fourth-order valence-corrected chi connectivity index (χ4v) is 3.80. The zero-order valence-electron chi connectivity index (χ0n) is 15.9. The molecule has 2 fully saturated rings. The summed E-state index contributed by atoms with van der Waals surface area (Å²) in [6, 6.07) is 10.5. The minimum Gasteiger partial charge on any atom is -0.423 e. The molecule has 6 nitrogen and oxygen atoms in total. The quantitative estimate of drug-likeness (QED) is 0.814. The minimum absolute atomic E-state index is 0.0303. The molecule has 2 aromatic rings. The number of benzene rings is 1. The van der Waals surface area contributed by atoms with Gasteiger partial charge in [-0.1, -0.05) is 30.3 Å². The van der Waals surface area contributed by atoms with E-state index < -0.39 is 0 Å². The molecule has 144 valence electrons. The summed E-state index contributed by atoms with van der Waals surface area (Å²) in [7, 11) is 0. The summed E-state index contributed by atoms with van der Waals surface area (Å²) in [6.07, 6.45) is 5.67. The Kier molecular flexibility index (Phi) is 5.53. The van der Waals surface area contributed by atoms with Crippen molar-refractivity contribution in [2.45, 2.75) is 57.5 Å². The van der Waals surface area contributed by atoms with Gasteiger partial charge in [0.05, 0.1) is 12.6 Å².